The molecule has 0 radical (unpaired) electrons. The number of nitrogens with zero attached hydrogens (tertiary/aromatic N) is 1. The van der Waals surface area contributed by atoms with Crippen molar-refractivity contribution in [3.8, 4) is 5.75 Å². The minimum absolute atomic E-state index is 0.173. The number of ether oxygens (including phenoxy) is 3. The Morgan fingerprint density at radius 1 is 0.857 bits per heavy atom. The molecule has 0 aliphatic carbocycles. The lowest BCUT2D eigenvalue weighted by molar-refractivity contribution is -0.385. The molecule has 3 aromatic rings. The van der Waals surface area contributed by atoms with Crippen LogP contribution in [0.25, 0.3) is 0 Å². The Morgan fingerprint density at radius 3 is 1.86 bits per heavy atom. The van der Waals surface area contributed by atoms with Crippen LogP contribution in [0.5, 0.6) is 5.75 Å². The summed E-state index contributed by atoms with van der Waals surface area (Å²) in [6.45, 7) is 4.93. The van der Waals surface area contributed by atoms with E-state index in [4.69, 9.17) is 14.2 Å². The monoisotopic (exact) mass is 477 g/mol. The number of rotatable bonds is 8. The van der Waals surface area contributed by atoms with E-state index in [9.17, 15) is 19.7 Å². The fraction of sp³-hybridized carbons (Fsp3) is 0.259. The third-order valence-electron chi connectivity index (χ3n) is 5.06. The first-order chi connectivity index (χ1) is 16.6. The molecule has 8 nitrogen and oxygen atoms in total. The van der Waals surface area contributed by atoms with Crippen LogP contribution in [-0.2, 0) is 19.1 Å². The summed E-state index contributed by atoms with van der Waals surface area (Å²) in [5.74, 6) is -3.40. The Morgan fingerprint density at radius 2 is 1.40 bits per heavy atom. The van der Waals surface area contributed by atoms with Gasteiger partial charge in [0.15, 0.2) is 12.0 Å². The molecule has 3 rings (SSSR count). The van der Waals surface area contributed by atoms with Crippen LogP contribution in [0.4, 0.5) is 5.69 Å². The van der Waals surface area contributed by atoms with Crippen molar-refractivity contribution < 1.29 is 28.7 Å². The zero-order chi connectivity index (χ0) is 25.6. The van der Waals surface area contributed by atoms with Gasteiger partial charge >= 0.3 is 11.9 Å². The number of hydrogen-bond acceptors (Lipinski definition) is 7. The number of hydrogen-bond donors (Lipinski definition) is 0. The third-order valence-corrected chi connectivity index (χ3v) is 5.06. The van der Waals surface area contributed by atoms with Gasteiger partial charge in [-0.25, -0.2) is 0 Å². The number of carbonyl (C=O) groups excluding carboxylic acids is 2. The molecule has 8 heteroatoms. The molecule has 1 unspecified atom stereocenters. The van der Waals surface area contributed by atoms with Gasteiger partial charge in [-0.1, -0.05) is 60.7 Å². The summed E-state index contributed by atoms with van der Waals surface area (Å²) < 4.78 is 16.5. The quantitative estimate of drug-likeness (QED) is 0.186. The van der Waals surface area contributed by atoms with E-state index < -0.39 is 40.2 Å². The molecule has 0 heterocycles. The number of nitro benzene ring substituents is 1. The summed E-state index contributed by atoms with van der Waals surface area (Å²) in [5.41, 5.74) is -0.185. The van der Waals surface area contributed by atoms with Crippen molar-refractivity contribution in [2.45, 2.75) is 38.4 Å². The minimum atomic E-state index is -1.71. The average Bonchev–Trinajstić information content (AvgIpc) is 2.82. The first-order valence-corrected chi connectivity index (χ1v) is 11.0. The molecule has 35 heavy (non-hydrogen) atoms. The van der Waals surface area contributed by atoms with Crippen molar-refractivity contribution in [2.24, 2.45) is 0 Å². The first-order valence-electron chi connectivity index (χ1n) is 11.0. The van der Waals surface area contributed by atoms with Crippen LogP contribution in [0.2, 0.25) is 0 Å². The third kappa shape index (κ3) is 6.44. The summed E-state index contributed by atoms with van der Waals surface area (Å²) in [7, 11) is 1.38. The Balaban J connectivity index is 2.10. The highest BCUT2D eigenvalue weighted by Gasteiger charge is 2.40. The van der Waals surface area contributed by atoms with Crippen LogP contribution in [-0.4, -0.2) is 29.6 Å². The van der Waals surface area contributed by atoms with Gasteiger partial charge in [0.05, 0.1) is 17.6 Å². The van der Waals surface area contributed by atoms with Gasteiger partial charge in [-0.15, -0.1) is 0 Å². The average molecular weight is 478 g/mol. The highest BCUT2D eigenvalue weighted by atomic mass is 16.6. The van der Waals surface area contributed by atoms with Crippen molar-refractivity contribution >= 4 is 17.6 Å². The van der Waals surface area contributed by atoms with Crippen LogP contribution < -0.4 is 4.74 Å². The zero-order valence-corrected chi connectivity index (χ0v) is 20.0. The predicted molar refractivity (Wildman–Crippen MR) is 129 cm³/mol. The van der Waals surface area contributed by atoms with Crippen molar-refractivity contribution in [3.63, 3.8) is 0 Å². The van der Waals surface area contributed by atoms with Crippen LogP contribution >= 0.6 is 0 Å². The second-order valence-electron chi connectivity index (χ2n) is 8.79. The first kappa shape index (κ1) is 25.4. The van der Waals surface area contributed by atoms with E-state index in [-0.39, 0.29) is 11.3 Å². The second-order valence-corrected chi connectivity index (χ2v) is 8.79. The fourth-order valence-corrected chi connectivity index (χ4v) is 3.54. The van der Waals surface area contributed by atoms with E-state index >= 15 is 0 Å². The van der Waals surface area contributed by atoms with E-state index in [1.807, 2.05) is 12.1 Å². The molecule has 1 atom stereocenters. The van der Waals surface area contributed by atoms with Gasteiger partial charge in [-0.3, -0.25) is 19.7 Å². The molecular formula is C27H27NO7. The normalized spacial score (nSPS) is 12.0. The largest absolute Gasteiger partial charge is 0.497 e. The van der Waals surface area contributed by atoms with Gasteiger partial charge in [0.1, 0.15) is 11.4 Å². The number of methoxy groups -OCH3 is 1. The molecule has 182 valence electrons. The van der Waals surface area contributed by atoms with Crippen molar-refractivity contribution in [1.29, 1.82) is 0 Å². The highest BCUT2D eigenvalue weighted by molar-refractivity contribution is 6.02. The molecule has 0 saturated carbocycles. The summed E-state index contributed by atoms with van der Waals surface area (Å²) in [6, 6.07) is 21.9. The Bertz CT molecular complexity index is 1150. The highest BCUT2D eigenvalue weighted by Crippen LogP contribution is 2.35. The molecule has 0 fully saturated rings. The fourth-order valence-electron chi connectivity index (χ4n) is 3.54. The molecule has 0 N–H and O–H groups in total. The minimum Gasteiger partial charge on any atom is -0.497 e. The molecular weight excluding hydrogens is 450 g/mol. The molecule has 0 saturated heterocycles. The van der Waals surface area contributed by atoms with Gasteiger partial charge in [0, 0.05) is 6.07 Å². The van der Waals surface area contributed by atoms with Crippen molar-refractivity contribution in [1.82, 2.24) is 0 Å². The maximum absolute atomic E-state index is 13.6. The number of nitro groups is 1. The summed E-state index contributed by atoms with van der Waals surface area (Å²) in [5, 5.41) is 11.8. The molecule has 0 spiro atoms. The van der Waals surface area contributed by atoms with E-state index in [1.54, 1.807) is 69.3 Å². The molecule has 0 aliphatic rings. The topological polar surface area (TPSA) is 105 Å². The lowest BCUT2D eigenvalue weighted by atomic mass is 9.95. The Hall–Kier alpha value is -4.20. The molecule has 0 bridgehead atoms. The number of carbonyl (C=O) groups is 2. The maximum atomic E-state index is 13.6. The van der Waals surface area contributed by atoms with Crippen molar-refractivity contribution in [3.05, 3.63) is 106 Å². The van der Waals surface area contributed by atoms with E-state index in [2.05, 4.69) is 0 Å². The summed E-state index contributed by atoms with van der Waals surface area (Å²) in [4.78, 5) is 38.0. The van der Waals surface area contributed by atoms with Gasteiger partial charge in [-0.05, 0) is 44.0 Å². The van der Waals surface area contributed by atoms with Gasteiger partial charge in [0.25, 0.3) is 5.69 Å². The van der Waals surface area contributed by atoms with E-state index in [0.29, 0.717) is 11.1 Å². The van der Waals surface area contributed by atoms with Gasteiger partial charge in [-0.2, -0.15) is 0 Å². The molecule has 0 aliphatic heterocycles. The maximum Gasteiger partial charge on any atom is 0.326 e. The van der Waals surface area contributed by atoms with E-state index in [1.165, 1.54) is 25.3 Å². The number of benzene rings is 3. The SMILES string of the molecule is COc1ccc([N+](=O)[O-])c(C(C(=O)OC(c2ccccc2)c2ccccc2)C(=O)OC(C)(C)C)c1. The predicted octanol–water partition coefficient (Wildman–Crippen LogP) is 5.36. The van der Waals surface area contributed by atoms with Crippen LogP contribution in [0.15, 0.2) is 78.9 Å². The Labute approximate surface area is 203 Å². The lowest BCUT2D eigenvalue weighted by Crippen LogP contribution is -2.33. The smallest absolute Gasteiger partial charge is 0.326 e. The zero-order valence-electron chi connectivity index (χ0n) is 20.0. The van der Waals surface area contributed by atoms with Gasteiger partial charge in [0.2, 0.25) is 0 Å². The van der Waals surface area contributed by atoms with Gasteiger partial charge < -0.3 is 14.2 Å². The molecule has 0 aromatic heterocycles. The van der Waals surface area contributed by atoms with Crippen LogP contribution in [0.1, 0.15) is 49.5 Å². The lowest BCUT2D eigenvalue weighted by Gasteiger charge is -2.25. The van der Waals surface area contributed by atoms with Crippen molar-refractivity contribution in [2.75, 3.05) is 7.11 Å². The molecule has 3 aromatic carbocycles. The Kier molecular flexibility index (Phi) is 7.86. The van der Waals surface area contributed by atoms with Crippen LogP contribution in [0.3, 0.4) is 0 Å². The standard InChI is InChI=1S/C27H27NO7/c1-27(2,3)35-26(30)23(21-17-20(33-4)15-16-22(21)28(31)32)25(29)34-24(18-11-7-5-8-12-18)19-13-9-6-10-14-19/h5-17,23-24H,1-4H3. The van der Waals surface area contributed by atoms with E-state index in [0.717, 1.165) is 0 Å². The van der Waals surface area contributed by atoms with Crippen LogP contribution in [0, 0.1) is 10.1 Å². The number of esters is 2. The molecule has 0 amide bonds. The summed E-state index contributed by atoms with van der Waals surface area (Å²) in [6.07, 6.45) is -0.848. The summed E-state index contributed by atoms with van der Waals surface area (Å²) >= 11 is 0. The second kappa shape index (κ2) is 10.8.